The average molecular weight is 274 g/mol. The van der Waals surface area contributed by atoms with Gasteiger partial charge >= 0.3 is 0 Å². The first kappa shape index (κ1) is 14.6. The van der Waals surface area contributed by atoms with Gasteiger partial charge in [-0.05, 0) is 49.1 Å². The zero-order valence-electron chi connectivity index (χ0n) is 13.1. The Kier molecular flexibility index (Phi) is 3.63. The van der Waals surface area contributed by atoms with Gasteiger partial charge in [0, 0.05) is 17.4 Å². The molecule has 2 rings (SSSR count). The molecule has 0 aromatic heterocycles. The minimum absolute atomic E-state index is 0.168. The first-order chi connectivity index (χ1) is 9.36. The zero-order valence-corrected chi connectivity index (χ0v) is 13.1. The molecule has 0 heterocycles. The molecule has 20 heavy (non-hydrogen) atoms. The third-order valence-corrected chi connectivity index (χ3v) is 4.24. The molecule has 1 atom stereocenters. The van der Waals surface area contributed by atoms with Crippen LogP contribution < -0.4 is 0 Å². The van der Waals surface area contributed by atoms with Crippen molar-refractivity contribution in [2.24, 2.45) is 5.41 Å². The lowest BCUT2D eigenvalue weighted by Crippen LogP contribution is -2.28. The van der Waals surface area contributed by atoms with Crippen LogP contribution in [0.2, 0.25) is 0 Å². The van der Waals surface area contributed by atoms with Crippen molar-refractivity contribution in [3.05, 3.63) is 46.0 Å². The second-order valence-electron chi connectivity index (χ2n) is 5.75. The summed E-state index contributed by atoms with van der Waals surface area (Å²) in [7, 11) is 3.33. The number of carbonyl (C=O) groups is 1. The molecule has 0 unspecified atom stereocenters. The van der Waals surface area contributed by atoms with E-state index in [4.69, 9.17) is 9.47 Å². The highest BCUT2D eigenvalue weighted by Crippen LogP contribution is 2.56. The summed E-state index contributed by atoms with van der Waals surface area (Å²) in [4.78, 5) is 12.0. The Labute approximate surface area is 120 Å². The van der Waals surface area contributed by atoms with Crippen molar-refractivity contribution in [2.45, 2.75) is 34.1 Å². The molecule has 0 amide bonds. The highest BCUT2D eigenvalue weighted by Gasteiger charge is 2.47. The third-order valence-electron chi connectivity index (χ3n) is 4.24. The molecule has 2 aliphatic rings. The molecule has 0 saturated carbocycles. The van der Waals surface area contributed by atoms with E-state index < -0.39 is 0 Å². The van der Waals surface area contributed by atoms with Gasteiger partial charge in [0.25, 0.3) is 0 Å². The Morgan fingerprint density at radius 1 is 1.35 bits per heavy atom. The largest absolute Gasteiger partial charge is 0.504 e. The van der Waals surface area contributed by atoms with E-state index >= 15 is 0 Å². The van der Waals surface area contributed by atoms with E-state index in [1.54, 1.807) is 26.6 Å². The van der Waals surface area contributed by atoms with Crippen molar-refractivity contribution in [3.8, 4) is 0 Å². The van der Waals surface area contributed by atoms with E-state index in [2.05, 4.69) is 13.8 Å². The van der Waals surface area contributed by atoms with Gasteiger partial charge < -0.3 is 9.47 Å². The number of carbonyl (C=O) groups excluding carboxylic acids is 1. The van der Waals surface area contributed by atoms with Crippen LogP contribution in [0.4, 0.5) is 0 Å². The Morgan fingerprint density at radius 3 is 2.55 bits per heavy atom. The van der Waals surface area contributed by atoms with Crippen LogP contribution in [-0.2, 0) is 14.3 Å². The van der Waals surface area contributed by atoms with Crippen LogP contribution in [0, 0.1) is 5.41 Å². The highest BCUT2D eigenvalue weighted by atomic mass is 16.5. The molecule has 0 fully saturated rings. The molecule has 2 aliphatic carbocycles. The summed E-state index contributed by atoms with van der Waals surface area (Å²) in [5.74, 6) is 1.06. The fourth-order valence-electron chi connectivity index (χ4n) is 3.82. The number of hydrogen-bond donors (Lipinski definition) is 0. The Hall–Kier alpha value is -1.77. The lowest BCUT2D eigenvalue weighted by Gasteiger charge is -2.34. The predicted octanol–water partition coefficient (Wildman–Crippen LogP) is 3.69. The Bertz CT molecular complexity index is 587. The Morgan fingerprint density at radius 2 is 2.00 bits per heavy atom. The molecule has 0 aliphatic heterocycles. The molecule has 0 radical (unpaired) electrons. The number of rotatable bonds is 3. The lowest BCUT2D eigenvalue weighted by molar-refractivity contribution is -0.116. The van der Waals surface area contributed by atoms with Gasteiger partial charge in [-0.15, -0.1) is 0 Å². The summed E-state index contributed by atoms with van der Waals surface area (Å²) in [6.07, 6.45) is 3.94. The minimum Gasteiger partial charge on any atom is -0.504 e. The van der Waals surface area contributed by atoms with Crippen molar-refractivity contribution in [1.82, 2.24) is 0 Å². The van der Waals surface area contributed by atoms with E-state index in [0.717, 1.165) is 33.6 Å². The third kappa shape index (κ3) is 1.92. The van der Waals surface area contributed by atoms with E-state index in [0.29, 0.717) is 6.42 Å². The summed E-state index contributed by atoms with van der Waals surface area (Å²) in [5, 5.41) is 0. The van der Waals surface area contributed by atoms with Gasteiger partial charge in [-0.2, -0.15) is 0 Å². The summed E-state index contributed by atoms with van der Waals surface area (Å²) in [6, 6.07) is 0. The molecule has 0 saturated heterocycles. The van der Waals surface area contributed by atoms with E-state index in [-0.39, 0.29) is 11.2 Å². The van der Waals surface area contributed by atoms with Gasteiger partial charge in [-0.1, -0.05) is 6.92 Å². The number of ketones is 1. The van der Waals surface area contributed by atoms with Gasteiger partial charge in [0.15, 0.2) is 5.78 Å². The smallest absolute Gasteiger partial charge is 0.157 e. The van der Waals surface area contributed by atoms with E-state index in [1.165, 1.54) is 0 Å². The number of ether oxygens (including phenoxy) is 2. The molecular weight excluding hydrogens is 252 g/mol. The van der Waals surface area contributed by atoms with Crippen molar-refractivity contribution in [3.63, 3.8) is 0 Å². The topological polar surface area (TPSA) is 35.5 Å². The first-order valence-corrected chi connectivity index (χ1v) is 6.78. The van der Waals surface area contributed by atoms with Crippen molar-refractivity contribution >= 4 is 5.78 Å². The van der Waals surface area contributed by atoms with E-state index in [9.17, 15) is 4.79 Å². The van der Waals surface area contributed by atoms with Crippen molar-refractivity contribution in [2.75, 3.05) is 14.2 Å². The fourth-order valence-corrected chi connectivity index (χ4v) is 3.82. The van der Waals surface area contributed by atoms with Crippen LogP contribution in [-0.4, -0.2) is 20.0 Å². The molecule has 0 aromatic rings. The number of fused-ring (bicyclic) bond motifs is 1. The average Bonchev–Trinajstić information content (AvgIpc) is 2.56. The van der Waals surface area contributed by atoms with Gasteiger partial charge in [0.05, 0.1) is 20.5 Å². The minimum atomic E-state index is -0.315. The standard InChI is InChI=1S/C17H22O3/c1-10-7-13(18)8-17(4)14(11(2)9-19-5)12(3)16(20-6)15(10)17/h7,9H,8H2,1-6H3/t17-/m1/s1. The van der Waals surface area contributed by atoms with E-state index in [1.807, 2.05) is 13.8 Å². The molecular formula is C17H22O3. The monoisotopic (exact) mass is 274 g/mol. The van der Waals surface area contributed by atoms with Crippen LogP contribution in [0.15, 0.2) is 46.0 Å². The van der Waals surface area contributed by atoms with Gasteiger partial charge in [-0.25, -0.2) is 0 Å². The van der Waals surface area contributed by atoms with Crippen LogP contribution in [0.25, 0.3) is 0 Å². The van der Waals surface area contributed by atoms with Gasteiger partial charge in [-0.3, -0.25) is 4.79 Å². The maximum absolute atomic E-state index is 12.0. The molecule has 0 aromatic carbocycles. The van der Waals surface area contributed by atoms with Crippen LogP contribution in [0.1, 0.15) is 34.1 Å². The summed E-state index contributed by atoms with van der Waals surface area (Å²) in [5.41, 5.74) is 5.10. The molecule has 0 spiro atoms. The predicted molar refractivity (Wildman–Crippen MR) is 79.0 cm³/mol. The molecule has 0 N–H and O–H groups in total. The Balaban J connectivity index is 2.70. The second kappa shape index (κ2) is 4.97. The maximum atomic E-state index is 12.0. The SMILES string of the molecule is COC=C(C)C1=C(C)C(OC)=C2C(C)=CC(=O)C[C@]12C. The second-order valence-corrected chi connectivity index (χ2v) is 5.75. The van der Waals surface area contributed by atoms with Crippen LogP contribution >= 0.6 is 0 Å². The maximum Gasteiger partial charge on any atom is 0.157 e. The van der Waals surface area contributed by atoms with Crippen molar-refractivity contribution in [1.29, 1.82) is 0 Å². The summed E-state index contributed by atoms with van der Waals surface area (Å²) in [6.45, 7) is 8.17. The van der Waals surface area contributed by atoms with Gasteiger partial charge in [0.2, 0.25) is 0 Å². The molecule has 3 nitrogen and oxygen atoms in total. The normalized spacial score (nSPS) is 26.8. The van der Waals surface area contributed by atoms with Crippen molar-refractivity contribution < 1.29 is 14.3 Å². The lowest BCUT2D eigenvalue weighted by atomic mass is 9.67. The molecule has 108 valence electrons. The van der Waals surface area contributed by atoms with Crippen LogP contribution in [0.3, 0.4) is 0 Å². The molecule has 3 heteroatoms. The molecule has 0 bridgehead atoms. The number of hydrogen-bond acceptors (Lipinski definition) is 3. The summed E-state index contributed by atoms with van der Waals surface area (Å²) >= 11 is 0. The zero-order chi connectivity index (χ0) is 15.1. The summed E-state index contributed by atoms with van der Waals surface area (Å²) < 4.78 is 10.8. The number of methoxy groups -OCH3 is 2. The van der Waals surface area contributed by atoms with Gasteiger partial charge in [0.1, 0.15) is 5.76 Å². The fraction of sp³-hybridized carbons (Fsp3) is 0.471. The first-order valence-electron chi connectivity index (χ1n) is 6.78. The highest BCUT2D eigenvalue weighted by molar-refractivity contribution is 5.95. The number of allylic oxidation sites excluding steroid dienone is 6. The quantitative estimate of drug-likeness (QED) is 0.736. The van der Waals surface area contributed by atoms with Crippen LogP contribution in [0.5, 0.6) is 0 Å².